The van der Waals surface area contributed by atoms with Gasteiger partial charge in [-0.25, -0.2) is 0 Å². The number of aryl methyl sites for hydroxylation is 2. The number of rotatable bonds is 2. The molecule has 5 heteroatoms. The molecule has 0 aliphatic carbocycles. The number of hydrogen-bond donors (Lipinski definition) is 0. The maximum Gasteiger partial charge on any atom is 0.264 e. The fourth-order valence-corrected chi connectivity index (χ4v) is 2.12. The molecule has 0 unspecified atom stereocenters. The number of aromatic nitrogens is 3. The predicted octanol–water partition coefficient (Wildman–Crippen LogP) is 2.16. The number of nitrogens with zero attached hydrogens (tertiary/aromatic N) is 3. The van der Waals surface area contributed by atoms with Crippen LogP contribution < -0.4 is 4.57 Å². The zero-order chi connectivity index (χ0) is 13.9. The van der Waals surface area contributed by atoms with E-state index < -0.39 is 0 Å². The van der Waals surface area contributed by atoms with E-state index in [-0.39, 0.29) is 41.1 Å². The fourth-order valence-electron chi connectivity index (χ4n) is 2.12. The summed E-state index contributed by atoms with van der Waals surface area (Å²) in [6.45, 7) is 2.07. The van der Waals surface area contributed by atoms with Gasteiger partial charge in [0.25, 0.3) is 5.82 Å². The summed E-state index contributed by atoms with van der Waals surface area (Å²) in [6.07, 6.45) is 8.49. The molecule has 0 aliphatic heterocycles. The Morgan fingerprint density at radius 3 is 2.55 bits per heavy atom. The molecule has 0 saturated heterocycles. The first-order chi connectivity index (χ1) is 9.75. The molecule has 3 rings (SSSR count). The molecule has 0 bridgehead atoms. The zero-order valence-electron chi connectivity index (χ0n) is 12.6. The standard InChI is InChI=1S/C17H14N3.B.Y/c1-13-6-7-14(15-5-3-8-18-12-15)11-16(13)17-19-9-4-10-20(17)2;;/h3-10H,1-2H3;;/q-1;;. The summed E-state index contributed by atoms with van der Waals surface area (Å²) in [5.41, 5.74) is 4.06. The molecule has 0 fully saturated rings. The fraction of sp³-hybridized carbons (Fsp3) is 0.118. The Bertz CT molecular complexity index is 748. The Labute approximate surface area is 158 Å². The summed E-state index contributed by atoms with van der Waals surface area (Å²) in [6, 6.07) is 13.3. The first-order valence-corrected chi connectivity index (χ1v) is 6.43. The molecule has 3 aromatic rings. The van der Waals surface area contributed by atoms with Gasteiger partial charge in [-0.3, -0.25) is 4.57 Å². The van der Waals surface area contributed by atoms with Gasteiger partial charge in [0.2, 0.25) is 0 Å². The Morgan fingerprint density at radius 1 is 1.05 bits per heavy atom. The van der Waals surface area contributed by atoms with Gasteiger partial charge >= 0.3 is 0 Å². The monoisotopic (exact) mass is 360 g/mol. The van der Waals surface area contributed by atoms with Gasteiger partial charge in [-0.2, -0.15) is 29.3 Å². The van der Waals surface area contributed by atoms with Crippen LogP contribution in [-0.2, 0) is 39.8 Å². The predicted molar refractivity (Wildman–Crippen MR) is 82.2 cm³/mol. The van der Waals surface area contributed by atoms with Crippen LogP contribution >= 0.6 is 0 Å². The third-order valence-electron chi connectivity index (χ3n) is 3.20. The summed E-state index contributed by atoms with van der Waals surface area (Å²) in [5, 5.41) is 0. The summed E-state index contributed by atoms with van der Waals surface area (Å²) in [5.74, 6) is 0.899. The van der Waals surface area contributed by atoms with Crippen molar-refractivity contribution in [3.05, 3.63) is 66.7 Å². The van der Waals surface area contributed by atoms with E-state index in [9.17, 15) is 0 Å². The number of pyridine rings is 1. The maximum absolute atomic E-state index is 4.45. The minimum Gasteiger partial charge on any atom is -0.369 e. The molecule has 0 atom stereocenters. The molecule has 0 N–H and O–H groups in total. The summed E-state index contributed by atoms with van der Waals surface area (Å²) in [7, 11) is 1.98. The summed E-state index contributed by atoms with van der Waals surface area (Å²) in [4.78, 5) is 8.49. The van der Waals surface area contributed by atoms with Crippen molar-refractivity contribution in [3.8, 4) is 22.5 Å². The van der Waals surface area contributed by atoms with Crippen LogP contribution in [0.3, 0.4) is 0 Å². The van der Waals surface area contributed by atoms with E-state index >= 15 is 0 Å². The third-order valence-corrected chi connectivity index (χ3v) is 3.20. The van der Waals surface area contributed by atoms with E-state index in [4.69, 9.17) is 0 Å². The molecule has 2 aromatic heterocycles. The van der Waals surface area contributed by atoms with Crippen LogP contribution in [0.5, 0.6) is 0 Å². The van der Waals surface area contributed by atoms with Gasteiger partial charge in [0.15, 0.2) is 0 Å². The van der Waals surface area contributed by atoms with E-state index in [0.29, 0.717) is 0 Å². The SMILES string of the molecule is Cc1ccc(-c2[c-]nccc2)[c-]c1-c1nccc[n+]1C.[B].[Y]. The largest absolute Gasteiger partial charge is 0.369 e. The molecular formula is C17H14BN3Y-. The molecule has 0 aliphatic rings. The minimum atomic E-state index is 0. The van der Waals surface area contributed by atoms with Gasteiger partial charge in [-0.15, -0.1) is 17.7 Å². The maximum atomic E-state index is 4.45. The van der Waals surface area contributed by atoms with Gasteiger partial charge < -0.3 is 4.98 Å². The quantitative estimate of drug-likeness (QED) is 0.398. The van der Waals surface area contributed by atoms with Crippen molar-refractivity contribution in [1.82, 2.24) is 9.97 Å². The van der Waals surface area contributed by atoms with Crippen LogP contribution in [0.15, 0.2) is 48.9 Å². The molecule has 104 valence electrons. The van der Waals surface area contributed by atoms with Crippen molar-refractivity contribution in [2.45, 2.75) is 6.92 Å². The van der Waals surface area contributed by atoms with Gasteiger partial charge in [0.1, 0.15) is 6.20 Å². The third kappa shape index (κ3) is 3.88. The van der Waals surface area contributed by atoms with Crippen LogP contribution in [0.4, 0.5) is 0 Å². The second-order valence-corrected chi connectivity index (χ2v) is 4.65. The summed E-state index contributed by atoms with van der Waals surface area (Å²) < 4.78 is 2.00. The molecule has 3 nitrogen and oxygen atoms in total. The Balaban J connectivity index is 0.00000121. The zero-order valence-corrected chi connectivity index (χ0v) is 15.5. The average Bonchev–Trinajstić information content (AvgIpc) is 2.49. The van der Waals surface area contributed by atoms with Gasteiger partial charge in [-0.1, -0.05) is 24.3 Å². The molecule has 22 heavy (non-hydrogen) atoms. The molecule has 0 spiro atoms. The molecule has 0 amide bonds. The molecular weight excluding hydrogens is 346 g/mol. The molecule has 0 saturated carbocycles. The second kappa shape index (κ2) is 8.30. The second-order valence-electron chi connectivity index (χ2n) is 4.65. The van der Waals surface area contributed by atoms with E-state index in [0.717, 1.165) is 28.1 Å². The van der Waals surface area contributed by atoms with E-state index in [1.807, 2.05) is 42.1 Å². The average molecular weight is 360 g/mol. The van der Waals surface area contributed by atoms with Crippen molar-refractivity contribution in [1.29, 1.82) is 0 Å². The summed E-state index contributed by atoms with van der Waals surface area (Å²) >= 11 is 0. The Kier molecular flexibility index (Phi) is 7.05. The van der Waals surface area contributed by atoms with E-state index in [1.165, 1.54) is 0 Å². The van der Waals surface area contributed by atoms with Crippen molar-refractivity contribution in [3.63, 3.8) is 0 Å². The van der Waals surface area contributed by atoms with E-state index in [2.05, 4.69) is 35.2 Å². The smallest absolute Gasteiger partial charge is 0.264 e. The van der Waals surface area contributed by atoms with Crippen LogP contribution in [-0.4, -0.2) is 18.4 Å². The van der Waals surface area contributed by atoms with Crippen LogP contribution in [0, 0.1) is 19.2 Å². The molecule has 2 heterocycles. The first kappa shape index (κ1) is 18.7. The Morgan fingerprint density at radius 2 is 1.86 bits per heavy atom. The number of hydrogen-bond acceptors (Lipinski definition) is 2. The Hall–Kier alpha value is -1.38. The van der Waals surface area contributed by atoms with Crippen molar-refractivity contribution in [2.75, 3.05) is 0 Å². The van der Waals surface area contributed by atoms with Gasteiger partial charge in [0, 0.05) is 47.2 Å². The van der Waals surface area contributed by atoms with E-state index in [1.54, 1.807) is 12.4 Å². The van der Waals surface area contributed by atoms with Crippen LogP contribution in [0.1, 0.15) is 5.56 Å². The molecule has 4 radical (unpaired) electrons. The van der Waals surface area contributed by atoms with Crippen LogP contribution in [0.2, 0.25) is 0 Å². The van der Waals surface area contributed by atoms with Crippen molar-refractivity contribution >= 4 is 8.41 Å². The molecule has 1 aromatic carbocycles. The first-order valence-electron chi connectivity index (χ1n) is 6.43. The van der Waals surface area contributed by atoms with Gasteiger partial charge in [0.05, 0.1) is 13.2 Å². The topological polar surface area (TPSA) is 29.7 Å². The minimum absolute atomic E-state index is 0. The normalized spacial score (nSPS) is 9.55. The van der Waals surface area contributed by atoms with Crippen molar-refractivity contribution < 1.29 is 37.3 Å². The van der Waals surface area contributed by atoms with Gasteiger partial charge in [-0.05, 0) is 5.56 Å². The number of benzene rings is 1. The van der Waals surface area contributed by atoms with Crippen molar-refractivity contribution in [2.24, 2.45) is 7.05 Å². The van der Waals surface area contributed by atoms with Crippen LogP contribution in [0.25, 0.3) is 22.5 Å².